The zero-order valence-electron chi connectivity index (χ0n) is 13.1. The molecule has 0 spiro atoms. The number of piperazine rings is 1. The fourth-order valence-corrected chi connectivity index (χ4v) is 4.01. The maximum atomic E-state index is 12.6. The molecule has 7 heteroatoms. The molecular weight excluding hydrogens is 312 g/mol. The summed E-state index contributed by atoms with van der Waals surface area (Å²) >= 11 is 0. The Bertz CT molecular complexity index is 739. The van der Waals surface area contributed by atoms with E-state index in [0.717, 1.165) is 12.0 Å². The molecule has 0 radical (unpaired) electrons. The smallest absolute Gasteiger partial charge is 0.243 e. The van der Waals surface area contributed by atoms with Gasteiger partial charge in [0, 0.05) is 38.6 Å². The van der Waals surface area contributed by atoms with Gasteiger partial charge < -0.3 is 4.90 Å². The number of anilines is 1. The second-order valence-corrected chi connectivity index (χ2v) is 7.39. The Balaban J connectivity index is 1.68. The largest absolute Gasteiger partial charge is 0.338 e. The molecule has 1 aliphatic heterocycles. The Hall–Kier alpha value is -1.99. The van der Waals surface area contributed by atoms with Gasteiger partial charge in [-0.05, 0) is 24.1 Å². The summed E-state index contributed by atoms with van der Waals surface area (Å²) in [5, 5.41) is 0. The Morgan fingerprint density at radius 3 is 2.17 bits per heavy atom. The summed E-state index contributed by atoms with van der Waals surface area (Å²) in [5.74, 6) is 0.666. The number of aromatic nitrogens is 2. The van der Waals surface area contributed by atoms with Gasteiger partial charge in [-0.2, -0.15) is 4.31 Å². The van der Waals surface area contributed by atoms with Crippen LogP contribution in [0.3, 0.4) is 0 Å². The van der Waals surface area contributed by atoms with E-state index in [4.69, 9.17) is 0 Å². The number of hydrogen-bond donors (Lipinski definition) is 0. The Morgan fingerprint density at radius 1 is 1.00 bits per heavy atom. The molecule has 2 aromatic rings. The lowest BCUT2D eigenvalue weighted by molar-refractivity contribution is 0.382. The highest BCUT2D eigenvalue weighted by atomic mass is 32.2. The summed E-state index contributed by atoms with van der Waals surface area (Å²) in [6.45, 7) is 4.13. The van der Waals surface area contributed by atoms with Crippen LogP contribution in [0.1, 0.15) is 12.5 Å². The molecule has 0 saturated carbocycles. The van der Waals surface area contributed by atoms with Crippen molar-refractivity contribution in [2.75, 3.05) is 31.1 Å². The SMILES string of the molecule is CCc1cnc(N2CCN(S(=O)(=O)c3ccccc3)CC2)nc1. The lowest BCUT2D eigenvalue weighted by Crippen LogP contribution is -2.49. The van der Waals surface area contributed by atoms with Gasteiger partial charge in [-0.15, -0.1) is 0 Å². The van der Waals surface area contributed by atoms with Crippen LogP contribution in [0.2, 0.25) is 0 Å². The van der Waals surface area contributed by atoms with Crippen LogP contribution in [0.5, 0.6) is 0 Å². The molecule has 0 unspecified atom stereocenters. The van der Waals surface area contributed by atoms with Crippen LogP contribution in [0.4, 0.5) is 5.95 Å². The van der Waals surface area contributed by atoms with Gasteiger partial charge in [0.25, 0.3) is 0 Å². The molecule has 3 rings (SSSR count). The number of hydrogen-bond acceptors (Lipinski definition) is 5. The fourth-order valence-electron chi connectivity index (χ4n) is 2.56. The summed E-state index contributed by atoms with van der Waals surface area (Å²) in [6, 6.07) is 8.56. The lowest BCUT2D eigenvalue weighted by Gasteiger charge is -2.33. The predicted octanol–water partition coefficient (Wildman–Crippen LogP) is 1.55. The van der Waals surface area contributed by atoms with Crippen molar-refractivity contribution in [3.05, 3.63) is 48.3 Å². The Morgan fingerprint density at radius 2 is 1.61 bits per heavy atom. The van der Waals surface area contributed by atoms with E-state index in [1.807, 2.05) is 23.4 Å². The predicted molar refractivity (Wildman–Crippen MR) is 88.8 cm³/mol. The molecule has 1 aliphatic rings. The van der Waals surface area contributed by atoms with Gasteiger partial charge in [0.05, 0.1) is 4.90 Å². The van der Waals surface area contributed by atoms with E-state index >= 15 is 0 Å². The monoisotopic (exact) mass is 332 g/mol. The van der Waals surface area contributed by atoms with Crippen molar-refractivity contribution in [2.24, 2.45) is 0 Å². The average molecular weight is 332 g/mol. The van der Waals surface area contributed by atoms with Gasteiger partial charge in [0.15, 0.2) is 0 Å². The van der Waals surface area contributed by atoms with E-state index in [2.05, 4.69) is 16.9 Å². The third-order valence-corrected chi connectivity index (χ3v) is 5.92. The molecule has 1 aromatic carbocycles. The van der Waals surface area contributed by atoms with Crippen LogP contribution >= 0.6 is 0 Å². The average Bonchev–Trinajstić information content (AvgIpc) is 2.63. The van der Waals surface area contributed by atoms with E-state index in [-0.39, 0.29) is 0 Å². The quantitative estimate of drug-likeness (QED) is 0.850. The zero-order chi connectivity index (χ0) is 16.3. The molecule has 1 aromatic heterocycles. The third kappa shape index (κ3) is 3.35. The van der Waals surface area contributed by atoms with E-state index in [0.29, 0.717) is 37.0 Å². The summed E-state index contributed by atoms with van der Waals surface area (Å²) in [6.07, 6.45) is 4.56. The lowest BCUT2D eigenvalue weighted by atomic mass is 10.3. The van der Waals surface area contributed by atoms with Crippen molar-refractivity contribution in [3.63, 3.8) is 0 Å². The third-order valence-electron chi connectivity index (χ3n) is 4.00. The first-order valence-electron chi connectivity index (χ1n) is 7.72. The molecule has 122 valence electrons. The standard InChI is InChI=1S/C16H20N4O2S/c1-2-14-12-17-16(18-13-14)19-8-10-20(11-9-19)23(21,22)15-6-4-3-5-7-15/h3-7,12-13H,2,8-11H2,1H3. The van der Waals surface area contributed by atoms with Crippen molar-refractivity contribution in [1.82, 2.24) is 14.3 Å². The van der Waals surface area contributed by atoms with Crippen molar-refractivity contribution in [1.29, 1.82) is 0 Å². The maximum absolute atomic E-state index is 12.6. The second kappa shape index (κ2) is 6.64. The van der Waals surface area contributed by atoms with Gasteiger partial charge >= 0.3 is 0 Å². The van der Waals surface area contributed by atoms with Gasteiger partial charge in [-0.25, -0.2) is 18.4 Å². The van der Waals surface area contributed by atoms with Gasteiger partial charge in [0.2, 0.25) is 16.0 Å². The zero-order valence-corrected chi connectivity index (χ0v) is 13.9. The van der Waals surface area contributed by atoms with E-state index in [1.165, 1.54) is 4.31 Å². The molecular formula is C16H20N4O2S. The van der Waals surface area contributed by atoms with E-state index in [9.17, 15) is 8.42 Å². The molecule has 0 atom stereocenters. The van der Waals surface area contributed by atoms with E-state index < -0.39 is 10.0 Å². The van der Waals surface area contributed by atoms with Crippen LogP contribution < -0.4 is 4.90 Å². The summed E-state index contributed by atoms with van der Waals surface area (Å²) in [5.41, 5.74) is 1.10. The first kappa shape index (κ1) is 15.9. The molecule has 23 heavy (non-hydrogen) atoms. The Kier molecular flexibility index (Phi) is 4.58. The van der Waals surface area contributed by atoms with Crippen LogP contribution in [0.15, 0.2) is 47.6 Å². The Labute approximate surface area is 136 Å². The molecule has 2 heterocycles. The molecule has 1 saturated heterocycles. The number of sulfonamides is 1. The normalized spacial score (nSPS) is 16.5. The fraction of sp³-hybridized carbons (Fsp3) is 0.375. The van der Waals surface area contributed by atoms with Gasteiger partial charge in [-0.3, -0.25) is 0 Å². The minimum atomic E-state index is -3.41. The summed E-state index contributed by atoms with van der Waals surface area (Å²) in [4.78, 5) is 11.1. The highest BCUT2D eigenvalue weighted by Gasteiger charge is 2.28. The number of aryl methyl sites for hydroxylation is 1. The van der Waals surface area contributed by atoms with Crippen LogP contribution in [-0.2, 0) is 16.4 Å². The molecule has 1 fully saturated rings. The maximum Gasteiger partial charge on any atom is 0.243 e. The van der Waals surface area contributed by atoms with Gasteiger partial charge in [-0.1, -0.05) is 25.1 Å². The first-order chi connectivity index (χ1) is 11.1. The first-order valence-corrected chi connectivity index (χ1v) is 9.16. The van der Waals surface area contributed by atoms with Crippen LogP contribution in [-0.4, -0.2) is 48.9 Å². The van der Waals surface area contributed by atoms with Crippen molar-refractivity contribution >= 4 is 16.0 Å². The van der Waals surface area contributed by atoms with Crippen molar-refractivity contribution in [2.45, 2.75) is 18.2 Å². The molecule has 0 N–H and O–H groups in total. The molecule has 0 amide bonds. The van der Waals surface area contributed by atoms with Crippen molar-refractivity contribution < 1.29 is 8.42 Å². The number of nitrogens with zero attached hydrogens (tertiary/aromatic N) is 4. The molecule has 6 nitrogen and oxygen atoms in total. The summed E-state index contributed by atoms with van der Waals surface area (Å²) in [7, 11) is -3.41. The highest BCUT2D eigenvalue weighted by Crippen LogP contribution is 2.18. The molecule has 0 bridgehead atoms. The van der Waals surface area contributed by atoms with Crippen LogP contribution in [0.25, 0.3) is 0 Å². The second-order valence-electron chi connectivity index (χ2n) is 5.45. The topological polar surface area (TPSA) is 66.4 Å². The van der Waals surface area contributed by atoms with E-state index in [1.54, 1.807) is 24.3 Å². The number of rotatable bonds is 4. The molecule has 0 aliphatic carbocycles. The number of benzene rings is 1. The highest BCUT2D eigenvalue weighted by molar-refractivity contribution is 7.89. The van der Waals surface area contributed by atoms with Crippen LogP contribution in [0, 0.1) is 0 Å². The van der Waals surface area contributed by atoms with Gasteiger partial charge in [0.1, 0.15) is 0 Å². The van der Waals surface area contributed by atoms with Crippen molar-refractivity contribution in [3.8, 4) is 0 Å². The minimum Gasteiger partial charge on any atom is -0.338 e. The minimum absolute atomic E-state index is 0.344. The summed E-state index contributed by atoms with van der Waals surface area (Å²) < 4.78 is 26.7.